The van der Waals surface area contributed by atoms with Crippen LogP contribution in [0.1, 0.15) is 40.0 Å². The first kappa shape index (κ1) is 17.7. The summed E-state index contributed by atoms with van der Waals surface area (Å²) in [6.45, 7) is 5.81. The molecule has 0 radical (unpaired) electrons. The number of allylic oxidation sites excluding steroid dienone is 2. The van der Waals surface area contributed by atoms with E-state index in [0.29, 0.717) is 12.0 Å². The molecule has 4 aliphatic carbocycles. The lowest BCUT2D eigenvalue weighted by atomic mass is 9.47. The van der Waals surface area contributed by atoms with Gasteiger partial charge < -0.3 is 9.84 Å². The van der Waals surface area contributed by atoms with Crippen molar-refractivity contribution in [3.8, 4) is 0 Å². The van der Waals surface area contributed by atoms with Crippen molar-refractivity contribution in [2.75, 3.05) is 6.61 Å². The van der Waals surface area contributed by atoms with E-state index in [-0.39, 0.29) is 46.8 Å². The Morgan fingerprint density at radius 2 is 2.07 bits per heavy atom. The summed E-state index contributed by atoms with van der Waals surface area (Å²) < 4.78 is 21.7. The lowest BCUT2D eigenvalue weighted by Gasteiger charge is -2.55. The van der Waals surface area contributed by atoms with Gasteiger partial charge >= 0.3 is 0 Å². The summed E-state index contributed by atoms with van der Waals surface area (Å²) in [6.07, 6.45) is 5.67. The van der Waals surface area contributed by atoms with Crippen LogP contribution in [0.25, 0.3) is 0 Å². The van der Waals surface area contributed by atoms with Gasteiger partial charge in [-0.15, -0.1) is 0 Å². The van der Waals surface area contributed by atoms with Gasteiger partial charge in [0.1, 0.15) is 18.4 Å². The third kappa shape index (κ3) is 1.90. The molecule has 9 atom stereocenters. The largest absolute Gasteiger partial charge is 0.389 e. The molecule has 1 spiro atoms. The number of rotatable bonds is 2. The van der Waals surface area contributed by atoms with Gasteiger partial charge in [0, 0.05) is 11.3 Å². The minimum Gasteiger partial charge on any atom is -0.389 e. The van der Waals surface area contributed by atoms with E-state index in [0.717, 1.165) is 12.8 Å². The zero-order valence-electron chi connectivity index (χ0n) is 16.1. The number of fused-ring (bicyclic) bond motifs is 3. The number of alkyl halides is 1. The molecule has 3 saturated carbocycles. The maximum absolute atomic E-state index is 15.3. The second-order valence-corrected chi connectivity index (χ2v) is 9.88. The van der Waals surface area contributed by atoms with Gasteiger partial charge in [0.05, 0.1) is 6.10 Å². The van der Waals surface area contributed by atoms with Gasteiger partial charge in [0.2, 0.25) is 0 Å². The molecule has 0 bridgehead atoms. The standard InChI is InChI=1S/C22H27FO4/c1-11-6-13-14-8-16(23)15-7-12(25)4-5-21(15,3)22(14)18(27-22)9-20(13,2)19(11)17(26)10-24/h4-5,7,11,13-14,16,18-19,24H,6,8-10H2,1-3H3/t11-,13-,14-,16-,18-,19+,20-,21-,22+/m0/s1. The number of halogens is 1. The molecule has 146 valence electrons. The molecule has 4 fully saturated rings. The number of ketones is 2. The fourth-order valence-corrected chi connectivity index (χ4v) is 7.79. The molecule has 5 rings (SSSR count). The maximum Gasteiger partial charge on any atom is 0.178 e. The van der Waals surface area contributed by atoms with Crippen LogP contribution in [0.3, 0.4) is 0 Å². The van der Waals surface area contributed by atoms with E-state index >= 15 is 4.39 Å². The molecule has 1 heterocycles. The van der Waals surface area contributed by atoms with E-state index in [9.17, 15) is 14.7 Å². The number of carbonyl (C=O) groups is 2. The van der Waals surface area contributed by atoms with Crippen LogP contribution >= 0.6 is 0 Å². The zero-order chi connectivity index (χ0) is 19.4. The number of hydrogen-bond acceptors (Lipinski definition) is 4. The van der Waals surface area contributed by atoms with Crippen LogP contribution in [0.2, 0.25) is 0 Å². The molecule has 0 aromatic carbocycles. The number of ether oxygens (including phenoxy) is 1. The van der Waals surface area contributed by atoms with Gasteiger partial charge in [0.15, 0.2) is 11.6 Å². The number of hydrogen-bond donors (Lipinski definition) is 1. The molecule has 5 aliphatic rings. The van der Waals surface area contributed by atoms with Gasteiger partial charge in [-0.2, -0.15) is 0 Å². The summed E-state index contributed by atoms with van der Waals surface area (Å²) in [5, 5.41) is 9.50. The number of aliphatic hydroxyl groups excluding tert-OH is 1. The predicted octanol–water partition coefficient (Wildman–Crippen LogP) is 2.80. The quantitative estimate of drug-likeness (QED) is 0.755. The van der Waals surface area contributed by atoms with Crippen LogP contribution in [0, 0.1) is 34.5 Å². The molecule has 1 N–H and O–H groups in total. The van der Waals surface area contributed by atoms with Crippen molar-refractivity contribution in [1.82, 2.24) is 0 Å². The molecule has 0 aromatic heterocycles. The number of aliphatic hydroxyl groups is 1. The minimum atomic E-state index is -1.16. The Morgan fingerprint density at radius 1 is 1.33 bits per heavy atom. The van der Waals surface area contributed by atoms with Crippen LogP contribution in [0.4, 0.5) is 4.39 Å². The van der Waals surface area contributed by atoms with Crippen LogP contribution in [-0.2, 0) is 14.3 Å². The van der Waals surface area contributed by atoms with E-state index < -0.39 is 23.8 Å². The van der Waals surface area contributed by atoms with Crippen molar-refractivity contribution in [1.29, 1.82) is 0 Å². The Bertz CT molecular complexity index is 802. The highest BCUT2D eigenvalue weighted by Crippen LogP contribution is 2.76. The summed E-state index contributed by atoms with van der Waals surface area (Å²) in [5.41, 5.74) is -0.761. The molecule has 1 aliphatic heterocycles. The molecular weight excluding hydrogens is 347 g/mol. The smallest absolute Gasteiger partial charge is 0.178 e. The van der Waals surface area contributed by atoms with Gasteiger partial charge in [-0.05, 0) is 67.1 Å². The van der Waals surface area contributed by atoms with Crippen LogP contribution in [0.15, 0.2) is 23.8 Å². The fourth-order valence-electron chi connectivity index (χ4n) is 7.79. The average molecular weight is 374 g/mol. The molecule has 0 aromatic rings. The first-order valence-electron chi connectivity index (χ1n) is 10.1. The van der Waals surface area contributed by atoms with E-state index in [1.165, 1.54) is 6.08 Å². The first-order chi connectivity index (χ1) is 12.7. The van der Waals surface area contributed by atoms with Crippen LogP contribution < -0.4 is 0 Å². The van der Waals surface area contributed by atoms with E-state index in [4.69, 9.17) is 4.74 Å². The summed E-state index contributed by atoms with van der Waals surface area (Å²) >= 11 is 0. The Labute approximate surface area is 158 Å². The summed E-state index contributed by atoms with van der Waals surface area (Å²) in [4.78, 5) is 24.4. The second-order valence-electron chi connectivity index (χ2n) is 9.88. The second kappa shape index (κ2) is 5.18. The summed E-state index contributed by atoms with van der Waals surface area (Å²) in [5.74, 6) is -0.0461. The highest BCUT2D eigenvalue weighted by molar-refractivity contribution is 6.01. The molecule has 0 amide bonds. The summed E-state index contributed by atoms with van der Waals surface area (Å²) in [6, 6.07) is 0. The average Bonchev–Trinajstić information content (AvgIpc) is 3.26. The van der Waals surface area contributed by atoms with Crippen molar-refractivity contribution in [3.63, 3.8) is 0 Å². The normalized spacial score (nSPS) is 55.1. The van der Waals surface area contributed by atoms with Gasteiger partial charge in [0.25, 0.3) is 0 Å². The van der Waals surface area contributed by atoms with Gasteiger partial charge in [-0.1, -0.05) is 19.9 Å². The maximum atomic E-state index is 15.3. The Morgan fingerprint density at radius 3 is 2.78 bits per heavy atom. The molecule has 0 unspecified atom stereocenters. The summed E-state index contributed by atoms with van der Waals surface area (Å²) in [7, 11) is 0. The lowest BCUT2D eigenvalue weighted by molar-refractivity contribution is -0.132. The van der Waals surface area contributed by atoms with Crippen molar-refractivity contribution in [2.24, 2.45) is 34.5 Å². The third-order valence-electron chi connectivity index (χ3n) is 8.76. The van der Waals surface area contributed by atoms with Gasteiger partial charge in [-0.3, -0.25) is 9.59 Å². The highest BCUT2D eigenvalue weighted by atomic mass is 19.1. The Balaban J connectivity index is 1.60. The van der Waals surface area contributed by atoms with E-state index in [1.807, 2.05) is 13.0 Å². The van der Waals surface area contributed by atoms with Gasteiger partial charge in [-0.25, -0.2) is 4.39 Å². The van der Waals surface area contributed by atoms with Crippen molar-refractivity contribution >= 4 is 11.6 Å². The molecule has 5 heteroatoms. The van der Waals surface area contributed by atoms with Crippen LogP contribution in [0.5, 0.6) is 0 Å². The fraction of sp³-hybridized carbons (Fsp3) is 0.727. The first-order valence-corrected chi connectivity index (χ1v) is 10.1. The minimum absolute atomic E-state index is 0.0233. The topological polar surface area (TPSA) is 66.9 Å². The molecule has 27 heavy (non-hydrogen) atoms. The number of carbonyl (C=O) groups excluding carboxylic acids is 2. The van der Waals surface area contributed by atoms with Crippen molar-refractivity contribution in [3.05, 3.63) is 23.8 Å². The number of Topliss-reactive ketones (excluding diaryl/α,β-unsaturated/α-hetero) is 1. The monoisotopic (exact) mass is 374 g/mol. The Kier molecular flexibility index (Phi) is 3.40. The van der Waals surface area contributed by atoms with Crippen LogP contribution in [-0.4, -0.2) is 41.2 Å². The Hall–Kier alpha value is -1.33. The van der Waals surface area contributed by atoms with Crippen molar-refractivity contribution in [2.45, 2.75) is 57.9 Å². The highest BCUT2D eigenvalue weighted by Gasteiger charge is 2.80. The number of epoxide rings is 1. The zero-order valence-corrected chi connectivity index (χ0v) is 16.1. The lowest BCUT2D eigenvalue weighted by Crippen LogP contribution is -2.59. The predicted molar refractivity (Wildman–Crippen MR) is 96.5 cm³/mol. The molecule has 1 saturated heterocycles. The SMILES string of the molecule is C[C@H]1C[C@H]2[C@@H]3C[C@H](F)C4=CC(=O)C=C[C@]4(C)[C@@]34O[C@H]4C[C@]2(C)[C@H]1C(=O)CO. The third-order valence-corrected chi connectivity index (χ3v) is 8.76. The molecule has 4 nitrogen and oxygen atoms in total. The molecular formula is C22H27FO4. The van der Waals surface area contributed by atoms with E-state index in [1.54, 1.807) is 6.08 Å². The van der Waals surface area contributed by atoms with Crippen molar-refractivity contribution < 1.29 is 23.8 Å². The van der Waals surface area contributed by atoms with E-state index in [2.05, 4.69) is 13.8 Å².